The lowest BCUT2D eigenvalue weighted by atomic mass is 10.2. The quantitative estimate of drug-likeness (QED) is 0.388. The first-order valence-electron chi connectivity index (χ1n) is 4.09. The Bertz CT molecular complexity index is 521. The number of hydrogen-bond acceptors (Lipinski definition) is 4. The van der Waals surface area contributed by atoms with Gasteiger partial charge in [-0.2, -0.15) is 0 Å². The van der Waals surface area contributed by atoms with Gasteiger partial charge in [-0.3, -0.25) is 15.5 Å². The van der Waals surface area contributed by atoms with Crippen LogP contribution in [0.25, 0.3) is 0 Å². The van der Waals surface area contributed by atoms with Gasteiger partial charge < -0.3 is 5.73 Å². The smallest absolute Gasteiger partial charge is 0.257 e. The Balaban J connectivity index is 2.96. The number of carbonyl (C=O) groups excluding carboxylic acids is 1. The maximum Gasteiger partial charge on any atom is 0.257 e. The average Bonchev–Trinajstić information content (AvgIpc) is 2.15. The Morgan fingerprint density at radius 2 is 1.75 bits per heavy atom. The maximum absolute atomic E-state index is 11.3. The van der Waals surface area contributed by atoms with Crippen molar-refractivity contribution >= 4 is 21.9 Å². The van der Waals surface area contributed by atoms with Crippen molar-refractivity contribution < 1.29 is 13.2 Å². The van der Waals surface area contributed by atoms with Gasteiger partial charge in [0.15, 0.2) is 5.96 Å². The zero-order valence-electron chi connectivity index (χ0n) is 8.10. The standard InChI is InChI=1S/C8H10N4O3S/c9-8(10)12-7(13)5-1-3-6(4-2-5)16(11,14)15/h1-4H,(H2,11,14,15)(H4,9,10,12,13). The third kappa shape index (κ3) is 3.04. The predicted molar refractivity (Wildman–Crippen MR) is 57.2 cm³/mol. The van der Waals surface area contributed by atoms with Crippen LogP contribution >= 0.6 is 0 Å². The zero-order chi connectivity index (χ0) is 12.3. The molecule has 7 nitrogen and oxygen atoms in total. The molecule has 0 saturated heterocycles. The van der Waals surface area contributed by atoms with Crippen LogP contribution < -0.4 is 16.2 Å². The number of amides is 1. The van der Waals surface area contributed by atoms with E-state index in [1.807, 2.05) is 0 Å². The van der Waals surface area contributed by atoms with Crippen LogP contribution in [0.2, 0.25) is 0 Å². The molecule has 0 aliphatic carbocycles. The minimum absolute atomic E-state index is 0.0909. The Morgan fingerprint density at radius 3 is 2.12 bits per heavy atom. The van der Waals surface area contributed by atoms with E-state index < -0.39 is 21.9 Å². The molecule has 0 saturated carbocycles. The summed E-state index contributed by atoms with van der Waals surface area (Å²) < 4.78 is 21.8. The largest absolute Gasteiger partial charge is 0.370 e. The third-order valence-electron chi connectivity index (χ3n) is 1.69. The number of carbonyl (C=O) groups is 1. The summed E-state index contributed by atoms with van der Waals surface area (Å²) in [5, 5.41) is 13.8. The minimum Gasteiger partial charge on any atom is -0.370 e. The topological polar surface area (TPSA) is 139 Å². The van der Waals surface area contributed by atoms with Crippen molar-refractivity contribution in [2.75, 3.05) is 0 Å². The monoisotopic (exact) mass is 242 g/mol. The van der Waals surface area contributed by atoms with Gasteiger partial charge >= 0.3 is 0 Å². The summed E-state index contributed by atoms with van der Waals surface area (Å²) in [6, 6.07) is 4.95. The lowest BCUT2D eigenvalue weighted by molar-refractivity contribution is 0.0976. The van der Waals surface area contributed by atoms with Crippen LogP contribution in [-0.4, -0.2) is 20.3 Å². The van der Waals surface area contributed by atoms with Gasteiger partial charge in [-0.1, -0.05) is 0 Å². The second kappa shape index (κ2) is 4.29. The van der Waals surface area contributed by atoms with Crippen LogP contribution in [0.15, 0.2) is 29.2 Å². The van der Waals surface area contributed by atoms with E-state index >= 15 is 0 Å². The molecule has 0 unspecified atom stereocenters. The molecule has 0 heterocycles. The van der Waals surface area contributed by atoms with Crippen LogP contribution in [0, 0.1) is 5.41 Å². The molecule has 0 aliphatic rings. The summed E-state index contributed by atoms with van der Waals surface area (Å²) >= 11 is 0. The number of nitrogens with one attached hydrogen (secondary N) is 2. The van der Waals surface area contributed by atoms with E-state index in [9.17, 15) is 13.2 Å². The van der Waals surface area contributed by atoms with Crippen molar-refractivity contribution in [3.05, 3.63) is 29.8 Å². The highest BCUT2D eigenvalue weighted by Gasteiger charge is 2.10. The lowest BCUT2D eigenvalue weighted by Gasteiger charge is -2.03. The molecule has 0 radical (unpaired) electrons. The van der Waals surface area contributed by atoms with E-state index in [0.717, 1.165) is 0 Å². The van der Waals surface area contributed by atoms with Gasteiger partial charge in [-0.25, -0.2) is 13.6 Å². The number of rotatable bonds is 2. The third-order valence-corrected chi connectivity index (χ3v) is 2.62. The molecule has 0 aromatic heterocycles. The fraction of sp³-hybridized carbons (Fsp3) is 0. The Labute approximate surface area is 92.0 Å². The van der Waals surface area contributed by atoms with Gasteiger partial charge in [0.1, 0.15) is 0 Å². The molecule has 0 aliphatic heterocycles. The van der Waals surface area contributed by atoms with Crippen LogP contribution in [0.4, 0.5) is 0 Å². The van der Waals surface area contributed by atoms with Crippen molar-refractivity contribution in [1.82, 2.24) is 5.32 Å². The molecule has 6 N–H and O–H groups in total. The summed E-state index contributed by atoms with van der Waals surface area (Å²) in [5.41, 5.74) is 5.15. The molecule has 1 aromatic rings. The van der Waals surface area contributed by atoms with Gasteiger partial charge in [-0.05, 0) is 24.3 Å². The fourth-order valence-corrected chi connectivity index (χ4v) is 1.51. The summed E-state index contributed by atoms with van der Waals surface area (Å²) in [6.07, 6.45) is 0. The van der Waals surface area contributed by atoms with E-state index in [1.165, 1.54) is 24.3 Å². The molecule has 0 bridgehead atoms. The molecule has 0 spiro atoms. The van der Waals surface area contributed by atoms with Crippen molar-refractivity contribution in [3.63, 3.8) is 0 Å². The summed E-state index contributed by atoms with van der Waals surface area (Å²) in [5.74, 6) is -1.08. The van der Waals surface area contributed by atoms with Crippen LogP contribution in [0.3, 0.4) is 0 Å². The molecule has 1 aromatic carbocycles. The van der Waals surface area contributed by atoms with Gasteiger partial charge in [0, 0.05) is 5.56 Å². The fourth-order valence-electron chi connectivity index (χ4n) is 0.990. The highest BCUT2D eigenvalue weighted by molar-refractivity contribution is 7.89. The molecular formula is C8H10N4O3S. The first-order valence-corrected chi connectivity index (χ1v) is 5.63. The second-order valence-electron chi connectivity index (χ2n) is 2.94. The number of benzene rings is 1. The SMILES string of the molecule is N=C(N)NC(=O)c1ccc(S(N)(=O)=O)cc1. The van der Waals surface area contributed by atoms with Gasteiger partial charge in [0.05, 0.1) is 4.90 Å². The van der Waals surface area contributed by atoms with E-state index in [4.69, 9.17) is 16.3 Å². The Hall–Kier alpha value is -1.93. The molecular weight excluding hydrogens is 232 g/mol. The second-order valence-corrected chi connectivity index (χ2v) is 4.50. The van der Waals surface area contributed by atoms with Crippen LogP contribution in [0.5, 0.6) is 0 Å². The molecule has 1 rings (SSSR count). The molecule has 0 fully saturated rings. The Kier molecular flexibility index (Phi) is 3.25. The van der Waals surface area contributed by atoms with E-state index in [-0.39, 0.29) is 10.5 Å². The van der Waals surface area contributed by atoms with E-state index in [2.05, 4.69) is 5.32 Å². The van der Waals surface area contributed by atoms with Gasteiger partial charge in [0.25, 0.3) is 5.91 Å². The molecule has 1 amide bonds. The summed E-state index contributed by atoms with van der Waals surface area (Å²) in [7, 11) is -3.77. The number of primary sulfonamides is 1. The molecule has 0 atom stereocenters. The normalized spacial score (nSPS) is 10.8. The molecule has 86 valence electrons. The van der Waals surface area contributed by atoms with Crippen molar-refractivity contribution in [3.8, 4) is 0 Å². The van der Waals surface area contributed by atoms with Crippen molar-refractivity contribution in [1.29, 1.82) is 5.41 Å². The molecule has 16 heavy (non-hydrogen) atoms. The summed E-state index contributed by atoms with van der Waals surface area (Å²) in [4.78, 5) is 11.2. The van der Waals surface area contributed by atoms with Crippen molar-refractivity contribution in [2.24, 2.45) is 10.9 Å². The number of sulfonamides is 1. The van der Waals surface area contributed by atoms with E-state index in [1.54, 1.807) is 0 Å². The molecule has 8 heteroatoms. The van der Waals surface area contributed by atoms with Gasteiger partial charge in [0.2, 0.25) is 10.0 Å². The van der Waals surface area contributed by atoms with Crippen LogP contribution in [0.1, 0.15) is 10.4 Å². The van der Waals surface area contributed by atoms with Crippen molar-refractivity contribution in [2.45, 2.75) is 4.90 Å². The summed E-state index contributed by atoms with van der Waals surface area (Å²) in [6.45, 7) is 0. The maximum atomic E-state index is 11.3. The lowest BCUT2D eigenvalue weighted by Crippen LogP contribution is -2.35. The van der Waals surface area contributed by atoms with Gasteiger partial charge in [-0.15, -0.1) is 0 Å². The number of hydrogen-bond donors (Lipinski definition) is 4. The highest BCUT2D eigenvalue weighted by atomic mass is 32.2. The van der Waals surface area contributed by atoms with E-state index in [0.29, 0.717) is 0 Å². The predicted octanol–water partition coefficient (Wildman–Crippen LogP) is -1.04. The van der Waals surface area contributed by atoms with Crippen LogP contribution in [-0.2, 0) is 10.0 Å². The number of guanidine groups is 1. The first-order chi connectivity index (χ1) is 7.30. The Morgan fingerprint density at radius 1 is 1.25 bits per heavy atom. The first kappa shape index (κ1) is 12.1. The minimum atomic E-state index is -3.77. The average molecular weight is 242 g/mol. The zero-order valence-corrected chi connectivity index (χ0v) is 8.91. The number of nitrogens with two attached hydrogens (primary N) is 2. The highest BCUT2D eigenvalue weighted by Crippen LogP contribution is 2.08.